The van der Waals surface area contributed by atoms with Crippen LogP contribution in [-0.4, -0.2) is 13.1 Å². The Morgan fingerprint density at radius 3 is 2.06 bits per heavy atom. The zero-order valence-electron chi connectivity index (χ0n) is 17.4. The Kier molecular flexibility index (Phi) is 7.61. The number of hydrogen-bond donors (Lipinski definition) is 2. The summed E-state index contributed by atoms with van der Waals surface area (Å²) < 4.78 is 89.6. The van der Waals surface area contributed by atoms with Gasteiger partial charge in [0, 0.05) is 10.7 Å². The Bertz CT molecular complexity index is 1250. The lowest BCUT2D eigenvalue weighted by Crippen LogP contribution is -2.21. The fourth-order valence-corrected chi connectivity index (χ4v) is 3.31. The average molecular weight is 539 g/mol. The van der Waals surface area contributed by atoms with E-state index in [0.717, 1.165) is 31.4 Å². The molecule has 3 rings (SSSR count). The van der Waals surface area contributed by atoms with Crippen molar-refractivity contribution >= 4 is 40.6 Å². The predicted molar refractivity (Wildman–Crippen MR) is 119 cm³/mol. The molecule has 3 aromatic carbocycles. The number of rotatable bonds is 5. The van der Waals surface area contributed by atoms with Crippen molar-refractivity contribution in [2.24, 2.45) is 0 Å². The number of carbonyl (C=O) groups is 1. The summed E-state index contributed by atoms with van der Waals surface area (Å²) in [5, 5.41) is 4.62. The number of halogens is 8. The molecule has 186 valence electrons. The van der Waals surface area contributed by atoms with Crippen molar-refractivity contribution in [3.05, 3.63) is 75.8 Å². The molecule has 0 radical (unpaired) electrons. The van der Waals surface area contributed by atoms with E-state index in [2.05, 4.69) is 15.4 Å². The molecule has 0 aliphatic heterocycles. The van der Waals surface area contributed by atoms with E-state index in [1.165, 1.54) is 18.2 Å². The topological polar surface area (TPSA) is 59.6 Å². The normalized spacial score (nSPS) is 11.7. The molecule has 0 heterocycles. The Morgan fingerprint density at radius 1 is 0.800 bits per heavy atom. The van der Waals surface area contributed by atoms with E-state index in [1.54, 1.807) is 0 Å². The van der Waals surface area contributed by atoms with Crippen LogP contribution >= 0.6 is 23.2 Å². The largest absolute Gasteiger partial charge is 0.496 e. The number of hydrogen-bond acceptors (Lipinski definition) is 3. The SMILES string of the molecule is COc1ccc(NC(=O)Nc2cc(C(F)(F)F)ccc2Oc2ccc(Cl)cc2Cl)cc1C(F)(F)F. The minimum atomic E-state index is -4.78. The van der Waals surface area contributed by atoms with Gasteiger partial charge in [0.15, 0.2) is 5.75 Å². The van der Waals surface area contributed by atoms with Crippen LogP contribution in [0.4, 0.5) is 42.5 Å². The van der Waals surface area contributed by atoms with E-state index >= 15 is 0 Å². The minimum Gasteiger partial charge on any atom is -0.496 e. The lowest BCUT2D eigenvalue weighted by atomic mass is 10.1. The molecule has 0 aliphatic rings. The smallest absolute Gasteiger partial charge is 0.420 e. The van der Waals surface area contributed by atoms with E-state index in [0.29, 0.717) is 12.1 Å². The quantitative estimate of drug-likeness (QED) is 0.320. The second-order valence-corrected chi connectivity index (χ2v) is 7.72. The Morgan fingerprint density at radius 2 is 1.46 bits per heavy atom. The summed E-state index contributed by atoms with van der Waals surface area (Å²) in [6.07, 6.45) is -9.53. The maximum Gasteiger partial charge on any atom is 0.420 e. The van der Waals surface area contributed by atoms with Crippen molar-refractivity contribution in [1.82, 2.24) is 0 Å². The Hall–Kier alpha value is -3.31. The van der Waals surface area contributed by atoms with E-state index in [-0.39, 0.29) is 27.2 Å². The van der Waals surface area contributed by atoms with Gasteiger partial charge in [-0.1, -0.05) is 23.2 Å². The molecule has 13 heteroatoms. The van der Waals surface area contributed by atoms with Gasteiger partial charge in [-0.05, 0) is 54.6 Å². The van der Waals surface area contributed by atoms with E-state index in [4.69, 9.17) is 27.9 Å². The number of benzene rings is 3. The molecule has 0 fully saturated rings. The van der Waals surface area contributed by atoms with Crippen LogP contribution in [0.1, 0.15) is 11.1 Å². The molecule has 0 saturated heterocycles. The van der Waals surface area contributed by atoms with Gasteiger partial charge >= 0.3 is 18.4 Å². The maximum absolute atomic E-state index is 13.2. The van der Waals surface area contributed by atoms with Crippen LogP contribution in [0, 0.1) is 0 Å². The highest BCUT2D eigenvalue weighted by molar-refractivity contribution is 6.35. The van der Waals surface area contributed by atoms with Crippen LogP contribution in [-0.2, 0) is 12.4 Å². The van der Waals surface area contributed by atoms with Gasteiger partial charge in [0.2, 0.25) is 0 Å². The molecular formula is C22H14Cl2F6N2O3. The van der Waals surface area contributed by atoms with Gasteiger partial charge in [0.1, 0.15) is 11.5 Å². The van der Waals surface area contributed by atoms with Crippen molar-refractivity contribution in [2.75, 3.05) is 17.7 Å². The third-order valence-electron chi connectivity index (χ3n) is 4.43. The zero-order chi connectivity index (χ0) is 26.0. The Labute approximate surface area is 204 Å². The average Bonchev–Trinajstić information content (AvgIpc) is 2.75. The number of nitrogens with one attached hydrogen (secondary N) is 2. The molecule has 5 nitrogen and oxygen atoms in total. The second kappa shape index (κ2) is 10.1. The molecule has 2 amide bonds. The van der Waals surface area contributed by atoms with Crippen molar-refractivity contribution in [1.29, 1.82) is 0 Å². The summed E-state index contributed by atoms with van der Waals surface area (Å²) in [4.78, 5) is 12.5. The number of methoxy groups -OCH3 is 1. The van der Waals surface area contributed by atoms with Gasteiger partial charge in [-0.2, -0.15) is 26.3 Å². The first-order chi connectivity index (χ1) is 16.3. The molecule has 0 atom stereocenters. The fourth-order valence-electron chi connectivity index (χ4n) is 2.86. The molecule has 3 aromatic rings. The van der Waals surface area contributed by atoms with Gasteiger partial charge in [-0.3, -0.25) is 0 Å². The molecular weight excluding hydrogens is 525 g/mol. The third-order valence-corrected chi connectivity index (χ3v) is 4.96. The minimum absolute atomic E-state index is 0.0317. The lowest BCUT2D eigenvalue weighted by Gasteiger charge is -2.17. The van der Waals surface area contributed by atoms with Gasteiger partial charge in [0.25, 0.3) is 0 Å². The molecule has 0 saturated carbocycles. The van der Waals surface area contributed by atoms with Crippen molar-refractivity contribution in [2.45, 2.75) is 12.4 Å². The van der Waals surface area contributed by atoms with E-state index in [1.807, 2.05) is 0 Å². The monoisotopic (exact) mass is 538 g/mol. The first-order valence-electron chi connectivity index (χ1n) is 9.45. The predicted octanol–water partition coefficient (Wildman–Crippen LogP) is 8.48. The van der Waals surface area contributed by atoms with Crippen LogP contribution in [0.15, 0.2) is 54.6 Å². The van der Waals surface area contributed by atoms with Crippen molar-refractivity contribution < 1.29 is 40.6 Å². The molecule has 0 spiro atoms. The second-order valence-electron chi connectivity index (χ2n) is 6.88. The van der Waals surface area contributed by atoms with Crippen molar-refractivity contribution in [3.8, 4) is 17.2 Å². The van der Waals surface area contributed by atoms with Crippen LogP contribution in [0.25, 0.3) is 0 Å². The van der Waals surface area contributed by atoms with Gasteiger partial charge in [0.05, 0.1) is 28.9 Å². The molecule has 0 aromatic heterocycles. The number of alkyl halides is 6. The zero-order valence-corrected chi connectivity index (χ0v) is 19.0. The molecule has 35 heavy (non-hydrogen) atoms. The summed E-state index contributed by atoms with van der Waals surface area (Å²) in [6.45, 7) is 0. The highest BCUT2D eigenvalue weighted by Gasteiger charge is 2.35. The molecule has 0 unspecified atom stereocenters. The summed E-state index contributed by atoms with van der Waals surface area (Å²) in [7, 11) is 1.05. The maximum atomic E-state index is 13.2. The fraction of sp³-hybridized carbons (Fsp3) is 0.136. The highest BCUT2D eigenvalue weighted by Crippen LogP contribution is 2.40. The number of ether oxygens (including phenoxy) is 2. The van der Waals surface area contributed by atoms with Gasteiger partial charge in [-0.25, -0.2) is 4.79 Å². The molecule has 0 bridgehead atoms. The standard InChI is InChI=1S/C22H14Cl2F6N2O3/c1-34-17-7-4-13(10-14(17)22(28,29)30)31-20(33)32-16-8-11(21(25,26)27)2-5-19(16)35-18-6-3-12(23)9-15(18)24/h2-10H,1H3,(H2,31,32,33). The third kappa shape index (κ3) is 6.64. The molecule has 2 N–H and O–H groups in total. The van der Waals surface area contributed by atoms with E-state index in [9.17, 15) is 31.1 Å². The van der Waals surface area contributed by atoms with Crippen LogP contribution in [0.5, 0.6) is 17.2 Å². The number of urea groups is 1. The summed E-state index contributed by atoms with van der Waals surface area (Å²) in [6, 6.07) is 8.02. The number of anilines is 2. The number of amides is 2. The lowest BCUT2D eigenvalue weighted by molar-refractivity contribution is -0.139. The Balaban J connectivity index is 1.91. The van der Waals surface area contributed by atoms with Gasteiger partial charge in [-0.15, -0.1) is 0 Å². The summed E-state index contributed by atoms with van der Waals surface area (Å²) >= 11 is 11.9. The first kappa shape index (κ1) is 26.3. The van der Waals surface area contributed by atoms with Crippen LogP contribution in [0.3, 0.4) is 0 Å². The van der Waals surface area contributed by atoms with Crippen molar-refractivity contribution in [3.63, 3.8) is 0 Å². The number of carbonyl (C=O) groups excluding carboxylic acids is 1. The highest BCUT2D eigenvalue weighted by atomic mass is 35.5. The van der Waals surface area contributed by atoms with E-state index < -0.39 is 40.9 Å². The first-order valence-corrected chi connectivity index (χ1v) is 10.2. The summed E-state index contributed by atoms with van der Waals surface area (Å²) in [5.74, 6) is -0.663. The van der Waals surface area contributed by atoms with Crippen LogP contribution < -0.4 is 20.1 Å². The van der Waals surface area contributed by atoms with Gasteiger partial charge < -0.3 is 20.1 Å². The summed E-state index contributed by atoms with van der Waals surface area (Å²) in [5.41, 5.74) is -2.97. The molecule has 0 aliphatic carbocycles. The van der Waals surface area contributed by atoms with Crippen LogP contribution in [0.2, 0.25) is 10.0 Å².